The zero-order chi connectivity index (χ0) is 26.2. The lowest BCUT2D eigenvalue weighted by molar-refractivity contribution is -0.140. The van der Waals surface area contributed by atoms with E-state index in [-0.39, 0.29) is 40.5 Å². The van der Waals surface area contributed by atoms with Crippen LogP contribution in [-0.2, 0) is 25.7 Å². The molecular weight excluding hydrogens is 498 g/mol. The number of carbonyl (C=O) groups is 4. The van der Waals surface area contributed by atoms with E-state index in [4.69, 9.17) is 28.8 Å². The number of carboxylic acids is 2. The lowest BCUT2D eigenvalue weighted by Gasteiger charge is -2.14. The van der Waals surface area contributed by atoms with Crippen molar-refractivity contribution < 1.29 is 48.0 Å². The number of aliphatic carboxylic acids is 2. The van der Waals surface area contributed by atoms with Crippen molar-refractivity contribution in [2.45, 2.75) is 18.4 Å². The standard InChI is InChI=1S/C23H19NO11S/c1-12(25)24-14-2-4-15(5-3-14)36-23(31)34-9-13-8-20(30)35-21-16(13)6-7-17(32-10-18(26)27)22(21)33-11-19(28)29/h2-8H,9-11H2,1H3,(H,24,25)(H,26,27)(H,28,29). The first kappa shape index (κ1) is 26.1. The van der Waals surface area contributed by atoms with Gasteiger partial charge in [0.25, 0.3) is 0 Å². The molecule has 13 heteroatoms. The highest BCUT2D eigenvalue weighted by Crippen LogP contribution is 2.37. The van der Waals surface area contributed by atoms with Crippen LogP contribution in [0.4, 0.5) is 10.5 Å². The van der Waals surface area contributed by atoms with Gasteiger partial charge in [0.2, 0.25) is 11.7 Å². The largest absolute Gasteiger partial charge is 0.479 e. The van der Waals surface area contributed by atoms with E-state index in [1.165, 1.54) is 19.1 Å². The highest BCUT2D eigenvalue weighted by Gasteiger charge is 2.19. The molecule has 3 rings (SSSR count). The summed E-state index contributed by atoms with van der Waals surface area (Å²) < 4.78 is 20.8. The summed E-state index contributed by atoms with van der Waals surface area (Å²) in [6.07, 6.45) is 0. The number of nitrogens with one attached hydrogen (secondary N) is 1. The van der Waals surface area contributed by atoms with Gasteiger partial charge in [0.15, 0.2) is 24.5 Å². The van der Waals surface area contributed by atoms with Gasteiger partial charge in [-0.2, -0.15) is 0 Å². The fourth-order valence-electron chi connectivity index (χ4n) is 2.96. The first-order chi connectivity index (χ1) is 17.1. The lowest BCUT2D eigenvalue weighted by Crippen LogP contribution is -2.14. The molecule has 0 bridgehead atoms. The molecule has 0 aliphatic carbocycles. The average Bonchev–Trinajstić information content (AvgIpc) is 2.80. The van der Waals surface area contributed by atoms with Crippen molar-refractivity contribution in [3.05, 3.63) is 58.4 Å². The third-order valence-electron chi connectivity index (χ3n) is 4.33. The molecule has 0 fully saturated rings. The smallest absolute Gasteiger partial charge is 0.372 e. The molecule has 3 N–H and O–H groups in total. The van der Waals surface area contributed by atoms with E-state index in [0.717, 1.165) is 17.8 Å². The molecule has 36 heavy (non-hydrogen) atoms. The normalized spacial score (nSPS) is 10.5. The van der Waals surface area contributed by atoms with Crippen molar-refractivity contribution in [3.8, 4) is 11.5 Å². The molecule has 1 heterocycles. The minimum Gasteiger partial charge on any atom is -0.479 e. The number of amides is 1. The predicted molar refractivity (Wildman–Crippen MR) is 126 cm³/mol. The maximum atomic E-state index is 12.3. The number of hydrogen-bond acceptors (Lipinski definition) is 10. The number of anilines is 1. The Morgan fingerprint density at radius 2 is 1.64 bits per heavy atom. The number of carboxylic acid groups (broad SMARTS) is 2. The van der Waals surface area contributed by atoms with Crippen LogP contribution >= 0.6 is 11.8 Å². The van der Waals surface area contributed by atoms with Gasteiger partial charge in [0.05, 0.1) is 0 Å². The minimum absolute atomic E-state index is 0.151. The van der Waals surface area contributed by atoms with E-state index in [0.29, 0.717) is 10.6 Å². The maximum absolute atomic E-state index is 12.3. The van der Waals surface area contributed by atoms with Crippen molar-refractivity contribution in [2.24, 2.45) is 0 Å². The summed E-state index contributed by atoms with van der Waals surface area (Å²) in [5, 5.41) is 20.0. The van der Waals surface area contributed by atoms with Crippen LogP contribution in [0.2, 0.25) is 0 Å². The van der Waals surface area contributed by atoms with Crippen LogP contribution in [0, 0.1) is 0 Å². The second-order valence-corrected chi connectivity index (χ2v) is 8.08. The molecule has 1 amide bonds. The molecule has 0 unspecified atom stereocenters. The summed E-state index contributed by atoms with van der Waals surface area (Å²) in [6.45, 7) is -0.521. The van der Waals surface area contributed by atoms with Gasteiger partial charge in [-0.05, 0) is 48.2 Å². The lowest BCUT2D eigenvalue weighted by atomic mass is 10.1. The second kappa shape index (κ2) is 11.8. The highest BCUT2D eigenvalue weighted by atomic mass is 32.2. The van der Waals surface area contributed by atoms with Gasteiger partial charge in [-0.1, -0.05) is 0 Å². The fourth-order valence-corrected chi connectivity index (χ4v) is 3.55. The Bertz CT molecular complexity index is 1360. The molecule has 0 radical (unpaired) electrons. The van der Waals surface area contributed by atoms with Gasteiger partial charge in [-0.25, -0.2) is 19.2 Å². The van der Waals surface area contributed by atoms with Crippen LogP contribution in [0.25, 0.3) is 11.0 Å². The predicted octanol–water partition coefficient (Wildman–Crippen LogP) is 3.11. The zero-order valence-corrected chi connectivity index (χ0v) is 19.5. The van der Waals surface area contributed by atoms with E-state index in [1.807, 2.05) is 0 Å². The van der Waals surface area contributed by atoms with E-state index >= 15 is 0 Å². The van der Waals surface area contributed by atoms with Crippen LogP contribution in [-0.4, -0.2) is 46.6 Å². The molecule has 2 aromatic carbocycles. The van der Waals surface area contributed by atoms with Gasteiger partial charge in [0.1, 0.15) is 6.61 Å². The summed E-state index contributed by atoms with van der Waals surface area (Å²) >= 11 is 0.785. The minimum atomic E-state index is -1.33. The zero-order valence-electron chi connectivity index (χ0n) is 18.6. The monoisotopic (exact) mass is 517 g/mol. The van der Waals surface area contributed by atoms with Crippen LogP contribution in [0.15, 0.2) is 56.6 Å². The number of rotatable bonds is 10. The number of thioether (sulfide) groups is 1. The molecule has 1 aromatic heterocycles. The van der Waals surface area contributed by atoms with Gasteiger partial charge >= 0.3 is 22.9 Å². The molecular formula is C23H19NO11S. The summed E-state index contributed by atoms with van der Waals surface area (Å²) in [7, 11) is 0. The van der Waals surface area contributed by atoms with E-state index in [1.54, 1.807) is 24.3 Å². The van der Waals surface area contributed by atoms with Gasteiger partial charge in [0, 0.05) is 34.5 Å². The molecule has 0 saturated heterocycles. The fraction of sp³-hybridized carbons (Fsp3) is 0.174. The van der Waals surface area contributed by atoms with Gasteiger partial charge < -0.3 is 34.2 Å². The van der Waals surface area contributed by atoms with Crippen molar-refractivity contribution in [2.75, 3.05) is 18.5 Å². The number of carbonyl (C=O) groups excluding carboxylic acids is 2. The maximum Gasteiger partial charge on any atom is 0.372 e. The SMILES string of the molecule is CC(=O)Nc1ccc(SC(=O)OCc2cc(=O)oc3c(OCC(=O)O)c(OCC(=O)O)ccc23)cc1. The molecule has 0 saturated carbocycles. The molecule has 0 aliphatic rings. The van der Waals surface area contributed by atoms with Crippen molar-refractivity contribution >= 4 is 51.6 Å². The van der Waals surface area contributed by atoms with Crippen molar-refractivity contribution in [3.63, 3.8) is 0 Å². The van der Waals surface area contributed by atoms with Crippen molar-refractivity contribution in [1.29, 1.82) is 0 Å². The molecule has 0 atom stereocenters. The Kier molecular flexibility index (Phi) is 8.52. The Balaban J connectivity index is 1.81. The Morgan fingerprint density at radius 3 is 2.28 bits per heavy atom. The topological polar surface area (TPSA) is 179 Å². The van der Waals surface area contributed by atoms with E-state index < -0.39 is 36.1 Å². The first-order valence-corrected chi connectivity index (χ1v) is 10.9. The molecule has 0 aliphatic heterocycles. The third kappa shape index (κ3) is 7.24. The van der Waals surface area contributed by atoms with Crippen LogP contribution in [0.3, 0.4) is 0 Å². The van der Waals surface area contributed by atoms with Gasteiger partial charge in [-0.15, -0.1) is 0 Å². The van der Waals surface area contributed by atoms with Crippen molar-refractivity contribution in [1.82, 2.24) is 0 Å². The molecule has 188 valence electrons. The third-order valence-corrected chi connectivity index (χ3v) is 5.12. The van der Waals surface area contributed by atoms with E-state index in [9.17, 15) is 24.0 Å². The average molecular weight is 517 g/mol. The number of benzene rings is 2. The Labute approximate surface area is 206 Å². The molecule has 0 spiro atoms. The van der Waals surface area contributed by atoms with E-state index in [2.05, 4.69) is 5.32 Å². The van der Waals surface area contributed by atoms with Crippen LogP contribution in [0.1, 0.15) is 12.5 Å². The van der Waals surface area contributed by atoms with Crippen LogP contribution < -0.4 is 20.4 Å². The number of hydrogen-bond donors (Lipinski definition) is 3. The van der Waals surface area contributed by atoms with Gasteiger partial charge in [-0.3, -0.25) is 4.79 Å². The summed E-state index contributed by atoms with van der Waals surface area (Å²) in [5.74, 6) is -3.28. The summed E-state index contributed by atoms with van der Waals surface area (Å²) in [5.41, 5.74) is -0.235. The first-order valence-electron chi connectivity index (χ1n) is 10.1. The number of fused-ring (bicyclic) bond motifs is 1. The number of ether oxygens (including phenoxy) is 3. The Morgan fingerprint density at radius 1 is 0.972 bits per heavy atom. The van der Waals surface area contributed by atoms with Crippen LogP contribution in [0.5, 0.6) is 11.5 Å². The molecule has 3 aromatic rings. The molecule has 12 nitrogen and oxygen atoms in total. The quantitative estimate of drug-likeness (QED) is 0.204. The second-order valence-electron chi connectivity index (χ2n) is 7.07. The Hall–Kier alpha value is -4.52. The highest BCUT2D eigenvalue weighted by molar-refractivity contribution is 8.13. The summed E-state index contributed by atoms with van der Waals surface area (Å²) in [4.78, 5) is 58.0. The summed E-state index contributed by atoms with van der Waals surface area (Å²) in [6, 6.07) is 10.3.